The van der Waals surface area contributed by atoms with E-state index >= 15 is 0 Å². The van der Waals surface area contributed by atoms with Gasteiger partial charge < -0.3 is 5.32 Å². The maximum absolute atomic E-state index is 13.1. The molecule has 0 radical (unpaired) electrons. The van der Waals surface area contributed by atoms with Crippen LogP contribution in [0.25, 0.3) is 10.9 Å². The zero-order valence-electron chi connectivity index (χ0n) is 15.9. The van der Waals surface area contributed by atoms with Gasteiger partial charge in [-0.2, -0.15) is 5.10 Å². The van der Waals surface area contributed by atoms with E-state index in [4.69, 9.17) is 0 Å². The topological polar surface area (TPSA) is 72.7 Å². The van der Waals surface area contributed by atoms with Gasteiger partial charge in [-0.05, 0) is 44.4 Å². The number of amides is 1. The van der Waals surface area contributed by atoms with Gasteiger partial charge in [0.05, 0.1) is 17.1 Å². The number of hydrogen-bond acceptors (Lipinski definition) is 4. The van der Waals surface area contributed by atoms with E-state index in [0.717, 1.165) is 34.4 Å². The average molecular weight is 351 g/mol. The van der Waals surface area contributed by atoms with Crippen molar-refractivity contribution in [3.63, 3.8) is 0 Å². The van der Waals surface area contributed by atoms with Crippen LogP contribution in [0.5, 0.6) is 0 Å². The van der Waals surface area contributed by atoms with Crippen LogP contribution in [-0.4, -0.2) is 25.7 Å². The maximum Gasteiger partial charge on any atom is 0.252 e. The molecule has 3 aromatic rings. The molecule has 1 aromatic carbocycles. The lowest BCUT2D eigenvalue weighted by molar-refractivity contribution is 0.0930. The Balaban J connectivity index is 1.99. The van der Waals surface area contributed by atoms with Crippen LogP contribution in [-0.2, 0) is 7.05 Å². The lowest BCUT2D eigenvalue weighted by Gasteiger charge is -2.20. The number of fused-ring (bicyclic) bond motifs is 1. The van der Waals surface area contributed by atoms with Crippen LogP contribution in [0.1, 0.15) is 53.7 Å². The predicted molar refractivity (Wildman–Crippen MR) is 102 cm³/mol. The summed E-state index contributed by atoms with van der Waals surface area (Å²) < 4.78 is 1.72. The quantitative estimate of drug-likeness (QED) is 0.763. The van der Waals surface area contributed by atoms with Gasteiger partial charge in [0.1, 0.15) is 12.2 Å². The SMILES string of the molecule is Cc1ccc2nc(C)cc(C(=O)N[C@H](CC(C)C)c3ncnn3C)c2c1. The summed E-state index contributed by atoms with van der Waals surface area (Å²) in [5.74, 6) is 1.06. The Morgan fingerprint density at radius 2 is 2.00 bits per heavy atom. The third-order valence-electron chi connectivity index (χ3n) is 4.41. The number of nitrogens with one attached hydrogen (secondary N) is 1. The van der Waals surface area contributed by atoms with Gasteiger partial charge in [0.15, 0.2) is 0 Å². The van der Waals surface area contributed by atoms with Crippen LogP contribution in [0, 0.1) is 19.8 Å². The van der Waals surface area contributed by atoms with Crippen molar-refractivity contribution in [2.45, 2.75) is 40.2 Å². The molecule has 0 unspecified atom stereocenters. The fourth-order valence-corrected chi connectivity index (χ4v) is 3.22. The number of hydrogen-bond donors (Lipinski definition) is 1. The number of carbonyl (C=O) groups excluding carboxylic acids is 1. The summed E-state index contributed by atoms with van der Waals surface area (Å²) in [7, 11) is 1.84. The Hall–Kier alpha value is -2.76. The molecule has 6 heteroatoms. The van der Waals surface area contributed by atoms with Gasteiger partial charge in [-0.15, -0.1) is 0 Å². The van der Waals surface area contributed by atoms with E-state index in [1.807, 2.05) is 45.2 Å². The van der Waals surface area contributed by atoms with E-state index in [1.165, 1.54) is 6.33 Å². The molecule has 1 amide bonds. The molecule has 0 spiro atoms. The number of rotatable bonds is 5. The summed E-state index contributed by atoms with van der Waals surface area (Å²) >= 11 is 0. The summed E-state index contributed by atoms with van der Waals surface area (Å²) in [5.41, 5.74) is 3.40. The van der Waals surface area contributed by atoms with E-state index in [1.54, 1.807) is 4.68 Å². The average Bonchev–Trinajstić information content (AvgIpc) is 2.99. The summed E-state index contributed by atoms with van der Waals surface area (Å²) in [6.07, 6.45) is 2.31. The van der Waals surface area contributed by atoms with Gasteiger partial charge in [0.2, 0.25) is 0 Å². The van der Waals surface area contributed by atoms with Gasteiger partial charge in [-0.25, -0.2) is 4.98 Å². The second kappa shape index (κ2) is 7.23. The highest BCUT2D eigenvalue weighted by atomic mass is 16.1. The van der Waals surface area contributed by atoms with Crippen molar-refractivity contribution in [3.8, 4) is 0 Å². The zero-order chi connectivity index (χ0) is 18.8. The van der Waals surface area contributed by atoms with E-state index in [9.17, 15) is 4.79 Å². The molecule has 26 heavy (non-hydrogen) atoms. The van der Waals surface area contributed by atoms with Crippen LogP contribution in [0.15, 0.2) is 30.6 Å². The van der Waals surface area contributed by atoms with Crippen molar-refractivity contribution >= 4 is 16.8 Å². The number of benzene rings is 1. The smallest absolute Gasteiger partial charge is 0.252 e. The monoisotopic (exact) mass is 351 g/mol. The number of aryl methyl sites for hydroxylation is 3. The molecule has 2 heterocycles. The van der Waals surface area contributed by atoms with Crippen LogP contribution < -0.4 is 5.32 Å². The van der Waals surface area contributed by atoms with Crippen LogP contribution in [0.3, 0.4) is 0 Å². The normalized spacial score (nSPS) is 12.5. The Morgan fingerprint density at radius 3 is 2.65 bits per heavy atom. The molecule has 0 aliphatic heterocycles. The van der Waals surface area contributed by atoms with Crippen LogP contribution >= 0.6 is 0 Å². The molecule has 1 N–H and O–H groups in total. The highest BCUT2D eigenvalue weighted by Crippen LogP contribution is 2.23. The zero-order valence-corrected chi connectivity index (χ0v) is 15.9. The molecule has 2 aromatic heterocycles. The highest BCUT2D eigenvalue weighted by molar-refractivity contribution is 6.06. The molecule has 0 aliphatic carbocycles. The van der Waals surface area contributed by atoms with Gasteiger partial charge in [-0.1, -0.05) is 25.5 Å². The number of carbonyl (C=O) groups is 1. The first-order chi connectivity index (χ1) is 12.3. The lowest BCUT2D eigenvalue weighted by Crippen LogP contribution is -2.31. The Bertz CT molecular complexity index is 945. The molecule has 136 valence electrons. The minimum absolute atomic E-state index is 0.111. The highest BCUT2D eigenvalue weighted by Gasteiger charge is 2.22. The van der Waals surface area contributed by atoms with Gasteiger partial charge >= 0.3 is 0 Å². The van der Waals surface area contributed by atoms with Crippen LogP contribution in [0.4, 0.5) is 0 Å². The molecule has 0 bridgehead atoms. The molecular weight excluding hydrogens is 326 g/mol. The molecule has 0 saturated heterocycles. The first-order valence-corrected chi connectivity index (χ1v) is 8.88. The fourth-order valence-electron chi connectivity index (χ4n) is 3.22. The Labute approximate surface area is 153 Å². The fraction of sp³-hybridized carbons (Fsp3) is 0.400. The van der Waals surface area contributed by atoms with E-state index < -0.39 is 0 Å². The third-order valence-corrected chi connectivity index (χ3v) is 4.41. The standard InChI is InChI=1S/C20H25N5O/c1-12(2)8-18(19-21-11-22-25(19)5)24-20(26)16-10-14(4)23-17-7-6-13(3)9-15(16)17/h6-7,9-12,18H,8H2,1-5H3,(H,24,26)/t18-/m1/s1. The summed E-state index contributed by atoms with van der Waals surface area (Å²) in [4.78, 5) is 22.0. The molecule has 3 rings (SSSR count). The van der Waals surface area contributed by atoms with Crippen molar-refractivity contribution in [1.29, 1.82) is 0 Å². The van der Waals surface area contributed by atoms with Crippen molar-refractivity contribution in [1.82, 2.24) is 25.1 Å². The molecule has 1 atom stereocenters. The van der Waals surface area contributed by atoms with Crippen molar-refractivity contribution < 1.29 is 4.79 Å². The Kier molecular flexibility index (Phi) is 5.02. The van der Waals surface area contributed by atoms with Crippen molar-refractivity contribution in [2.24, 2.45) is 13.0 Å². The Morgan fingerprint density at radius 1 is 1.23 bits per heavy atom. The summed E-state index contributed by atoms with van der Waals surface area (Å²) in [6.45, 7) is 8.18. The minimum atomic E-state index is -0.191. The van der Waals surface area contributed by atoms with Gasteiger partial charge in [-0.3, -0.25) is 14.5 Å². The number of aromatic nitrogens is 4. The van der Waals surface area contributed by atoms with Crippen molar-refractivity contribution in [2.75, 3.05) is 0 Å². The maximum atomic E-state index is 13.1. The molecule has 0 saturated carbocycles. The number of nitrogens with zero attached hydrogens (tertiary/aromatic N) is 4. The largest absolute Gasteiger partial charge is 0.342 e. The summed E-state index contributed by atoms with van der Waals surface area (Å²) in [5, 5.41) is 8.17. The lowest BCUT2D eigenvalue weighted by atomic mass is 10.0. The first kappa shape index (κ1) is 18.0. The van der Waals surface area contributed by atoms with Gasteiger partial charge in [0.25, 0.3) is 5.91 Å². The molecular formula is C20H25N5O. The second-order valence-corrected chi connectivity index (χ2v) is 7.23. The predicted octanol–water partition coefficient (Wildman–Crippen LogP) is 3.50. The molecule has 0 aliphatic rings. The van der Waals surface area contributed by atoms with Crippen molar-refractivity contribution in [3.05, 3.63) is 53.2 Å². The molecule has 0 fully saturated rings. The van der Waals surface area contributed by atoms with Gasteiger partial charge in [0, 0.05) is 18.1 Å². The van der Waals surface area contributed by atoms with E-state index in [0.29, 0.717) is 11.5 Å². The van der Waals surface area contributed by atoms with Crippen LogP contribution in [0.2, 0.25) is 0 Å². The second-order valence-electron chi connectivity index (χ2n) is 7.23. The van der Waals surface area contributed by atoms with E-state index in [2.05, 4.69) is 34.2 Å². The summed E-state index contributed by atoms with van der Waals surface area (Å²) in [6, 6.07) is 7.64. The number of pyridine rings is 1. The third kappa shape index (κ3) is 3.74. The minimum Gasteiger partial charge on any atom is -0.342 e. The van der Waals surface area contributed by atoms with E-state index in [-0.39, 0.29) is 11.9 Å². The molecule has 6 nitrogen and oxygen atoms in total. The first-order valence-electron chi connectivity index (χ1n) is 8.88.